The molecule has 0 aliphatic heterocycles. The maximum atomic E-state index is 12.3. The van der Waals surface area contributed by atoms with Crippen LogP contribution in [0.4, 0.5) is 0 Å². The quantitative estimate of drug-likeness (QED) is 0.803. The molecule has 0 heterocycles. The van der Waals surface area contributed by atoms with E-state index < -0.39 is 0 Å². The number of ketones is 1. The molecule has 0 atom stereocenters. The topological polar surface area (TPSA) is 49.4 Å². The highest BCUT2D eigenvalue weighted by molar-refractivity contribution is 5.99. The molecule has 1 aliphatic carbocycles. The van der Waals surface area contributed by atoms with Crippen molar-refractivity contribution in [1.29, 1.82) is 0 Å². The summed E-state index contributed by atoms with van der Waals surface area (Å²) in [6.07, 6.45) is 2.16. The molecular formula is C16H22N2O2. The summed E-state index contributed by atoms with van der Waals surface area (Å²) in [6, 6.07) is 6.24. The molecule has 0 radical (unpaired) electrons. The number of nitrogens with one attached hydrogen (secondary N) is 1. The van der Waals surface area contributed by atoms with Crippen LogP contribution in [0.3, 0.4) is 0 Å². The number of amides is 1. The minimum Gasteiger partial charge on any atom is -0.352 e. The van der Waals surface area contributed by atoms with Crippen molar-refractivity contribution in [3.63, 3.8) is 0 Å². The molecule has 0 aromatic heterocycles. The van der Waals surface area contributed by atoms with E-state index in [-0.39, 0.29) is 24.8 Å². The Hall–Kier alpha value is -1.68. The van der Waals surface area contributed by atoms with Gasteiger partial charge < -0.3 is 5.32 Å². The van der Waals surface area contributed by atoms with Crippen LogP contribution in [0.25, 0.3) is 0 Å². The monoisotopic (exact) mass is 274 g/mol. The molecule has 0 unspecified atom stereocenters. The maximum Gasteiger partial charge on any atom is 0.234 e. The standard InChI is InChI=1S/C16H22N2O2/c1-11-4-5-12(2)14(8-11)15(19)9-18(3)10-16(20)17-13-6-7-13/h4-5,8,13H,6-7,9-10H2,1-3H3,(H,17,20). The number of nitrogens with zero attached hydrogens (tertiary/aromatic N) is 1. The van der Waals surface area contributed by atoms with Crippen molar-refractivity contribution < 1.29 is 9.59 Å². The lowest BCUT2D eigenvalue weighted by molar-refractivity contribution is -0.121. The minimum atomic E-state index is 0.00349. The van der Waals surface area contributed by atoms with Gasteiger partial charge in [0.2, 0.25) is 5.91 Å². The van der Waals surface area contributed by atoms with Crippen LogP contribution < -0.4 is 5.32 Å². The average Bonchev–Trinajstić information content (AvgIpc) is 3.15. The van der Waals surface area contributed by atoms with E-state index in [4.69, 9.17) is 0 Å². The van der Waals surface area contributed by atoms with Crippen molar-refractivity contribution in [2.45, 2.75) is 32.7 Å². The zero-order valence-corrected chi connectivity index (χ0v) is 12.4. The molecule has 1 N–H and O–H groups in total. The normalized spacial score (nSPS) is 14.4. The Morgan fingerprint density at radius 2 is 1.95 bits per heavy atom. The van der Waals surface area contributed by atoms with Gasteiger partial charge in [-0.15, -0.1) is 0 Å². The van der Waals surface area contributed by atoms with Gasteiger partial charge in [-0.2, -0.15) is 0 Å². The van der Waals surface area contributed by atoms with Crippen LogP contribution in [0.2, 0.25) is 0 Å². The van der Waals surface area contributed by atoms with Gasteiger partial charge >= 0.3 is 0 Å². The first-order valence-electron chi connectivity index (χ1n) is 7.04. The second-order valence-corrected chi connectivity index (χ2v) is 5.76. The third-order valence-electron chi connectivity index (χ3n) is 3.46. The third kappa shape index (κ3) is 4.17. The Morgan fingerprint density at radius 1 is 1.25 bits per heavy atom. The number of hydrogen-bond acceptors (Lipinski definition) is 3. The predicted molar refractivity (Wildman–Crippen MR) is 78.9 cm³/mol. The molecule has 0 bridgehead atoms. The summed E-state index contributed by atoms with van der Waals surface area (Å²) in [7, 11) is 1.80. The highest BCUT2D eigenvalue weighted by Crippen LogP contribution is 2.18. The molecule has 0 saturated heterocycles. The Labute approximate surface area is 120 Å². The van der Waals surface area contributed by atoms with Crippen LogP contribution in [-0.4, -0.2) is 42.8 Å². The molecule has 2 rings (SSSR count). The van der Waals surface area contributed by atoms with Gasteiger partial charge in [0.25, 0.3) is 0 Å². The van der Waals surface area contributed by atoms with Gasteiger partial charge in [0.05, 0.1) is 13.1 Å². The largest absolute Gasteiger partial charge is 0.352 e. The molecule has 1 saturated carbocycles. The lowest BCUT2D eigenvalue weighted by atomic mass is 10.0. The van der Waals surface area contributed by atoms with Crippen molar-refractivity contribution >= 4 is 11.7 Å². The Bertz CT molecular complexity index is 521. The number of carbonyl (C=O) groups is 2. The van der Waals surface area contributed by atoms with E-state index in [1.165, 1.54) is 0 Å². The average molecular weight is 274 g/mol. The van der Waals surface area contributed by atoms with Crippen molar-refractivity contribution in [3.8, 4) is 0 Å². The lowest BCUT2D eigenvalue weighted by Crippen LogP contribution is -2.38. The smallest absolute Gasteiger partial charge is 0.234 e. The van der Waals surface area contributed by atoms with E-state index in [0.717, 1.165) is 29.5 Å². The fourth-order valence-corrected chi connectivity index (χ4v) is 2.17. The van der Waals surface area contributed by atoms with E-state index in [9.17, 15) is 9.59 Å². The number of rotatable bonds is 6. The number of hydrogen-bond donors (Lipinski definition) is 1. The van der Waals surface area contributed by atoms with E-state index in [1.54, 1.807) is 11.9 Å². The van der Waals surface area contributed by atoms with Crippen molar-refractivity contribution in [2.75, 3.05) is 20.1 Å². The van der Waals surface area contributed by atoms with Crippen LogP contribution in [0.1, 0.15) is 34.3 Å². The van der Waals surface area contributed by atoms with Gasteiger partial charge in [-0.05, 0) is 45.4 Å². The summed E-state index contributed by atoms with van der Waals surface area (Å²) in [5.74, 6) is 0.0664. The summed E-state index contributed by atoms with van der Waals surface area (Å²) in [6.45, 7) is 4.45. The molecular weight excluding hydrogens is 252 g/mol. The van der Waals surface area contributed by atoms with Crippen LogP contribution in [0, 0.1) is 13.8 Å². The first-order valence-corrected chi connectivity index (χ1v) is 7.04. The molecule has 1 aliphatic rings. The summed E-state index contributed by atoms with van der Waals surface area (Å²) in [4.78, 5) is 25.7. The predicted octanol–water partition coefficient (Wildman–Crippen LogP) is 1.70. The van der Waals surface area contributed by atoms with Crippen LogP contribution in [0.15, 0.2) is 18.2 Å². The fraction of sp³-hybridized carbons (Fsp3) is 0.500. The van der Waals surface area contributed by atoms with Gasteiger partial charge in [0.15, 0.2) is 5.78 Å². The summed E-state index contributed by atoms with van der Waals surface area (Å²) in [5.41, 5.74) is 2.81. The van der Waals surface area contributed by atoms with Gasteiger partial charge in [-0.1, -0.05) is 17.7 Å². The molecule has 108 valence electrons. The third-order valence-corrected chi connectivity index (χ3v) is 3.46. The van der Waals surface area contributed by atoms with Crippen molar-refractivity contribution in [1.82, 2.24) is 10.2 Å². The molecule has 4 heteroatoms. The molecule has 20 heavy (non-hydrogen) atoms. The Balaban J connectivity index is 1.89. The fourth-order valence-electron chi connectivity index (χ4n) is 2.17. The second-order valence-electron chi connectivity index (χ2n) is 5.76. The number of carbonyl (C=O) groups excluding carboxylic acids is 2. The van der Waals surface area contributed by atoms with Crippen LogP contribution in [0.5, 0.6) is 0 Å². The minimum absolute atomic E-state index is 0.00349. The summed E-state index contributed by atoms with van der Waals surface area (Å²) >= 11 is 0. The maximum absolute atomic E-state index is 12.3. The van der Waals surface area contributed by atoms with Gasteiger partial charge in [0, 0.05) is 11.6 Å². The Morgan fingerprint density at radius 3 is 2.60 bits per heavy atom. The summed E-state index contributed by atoms with van der Waals surface area (Å²) < 4.78 is 0. The van der Waals surface area contributed by atoms with Crippen molar-refractivity contribution in [2.24, 2.45) is 0 Å². The van der Waals surface area contributed by atoms with E-state index in [1.807, 2.05) is 32.0 Å². The second kappa shape index (κ2) is 6.18. The molecule has 1 fully saturated rings. The zero-order chi connectivity index (χ0) is 14.7. The highest BCUT2D eigenvalue weighted by Gasteiger charge is 2.24. The first-order chi connectivity index (χ1) is 9.45. The summed E-state index contributed by atoms with van der Waals surface area (Å²) in [5, 5.41) is 2.93. The van der Waals surface area contributed by atoms with Gasteiger partial charge in [0.1, 0.15) is 0 Å². The van der Waals surface area contributed by atoms with Crippen LogP contribution >= 0.6 is 0 Å². The number of Topliss-reactive ketones (excluding diaryl/α,β-unsaturated/α-hetero) is 1. The van der Waals surface area contributed by atoms with E-state index in [2.05, 4.69) is 5.32 Å². The molecule has 4 nitrogen and oxygen atoms in total. The Kier molecular flexibility index (Phi) is 4.55. The molecule has 0 spiro atoms. The SMILES string of the molecule is Cc1ccc(C)c(C(=O)CN(C)CC(=O)NC2CC2)c1. The highest BCUT2D eigenvalue weighted by atomic mass is 16.2. The van der Waals surface area contributed by atoms with E-state index >= 15 is 0 Å². The molecule has 1 aromatic carbocycles. The number of aryl methyl sites for hydroxylation is 2. The van der Waals surface area contributed by atoms with Gasteiger partial charge in [-0.3, -0.25) is 14.5 Å². The number of likely N-dealkylation sites (N-methyl/N-ethyl adjacent to an activating group) is 1. The van der Waals surface area contributed by atoms with E-state index in [0.29, 0.717) is 6.04 Å². The molecule has 1 aromatic rings. The van der Waals surface area contributed by atoms with Gasteiger partial charge in [-0.25, -0.2) is 0 Å². The zero-order valence-electron chi connectivity index (χ0n) is 12.4. The van der Waals surface area contributed by atoms with Crippen molar-refractivity contribution in [3.05, 3.63) is 34.9 Å². The molecule has 1 amide bonds. The lowest BCUT2D eigenvalue weighted by Gasteiger charge is -2.16. The number of benzene rings is 1. The van der Waals surface area contributed by atoms with Crippen LogP contribution in [-0.2, 0) is 4.79 Å². The first kappa shape index (κ1) is 14.7.